The number of carbonyl (C=O) groups is 2. The van der Waals surface area contributed by atoms with Crippen molar-refractivity contribution in [1.82, 2.24) is 10.2 Å². The third-order valence-corrected chi connectivity index (χ3v) is 4.53. The average Bonchev–Trinajstić information content (AvgIpc) is 2.54. The van der Waals surface area contributed by atoms with E-state index in [1.54, 1.807) is 4.90 Å². The van der Waals surface area contributed by atoms with Gasteiger partial charge in [0.1, 0.15) is 0 Å². The summed E-state index contributed by atoms with van der Waals surface area (Å²) >= 11 is 0. The van der Waals surface area contributed by atoms with Gasteiger partial charge in [0.15, 0.2) is 0 Å². The van der Waals surface area contributed by atoms with Crippen LogP contribution in [0, 0.1) is 12.8 Å². The summed E-state index contributed by atoms with van der Waals surface area (Å²) < 4.78 is 0. The van der Waals surface area contributed by atoms with Crippen molar-refractivity contribution in [3.05, 3.63) is 48.0 Å². The van der Waals surface area contributed by atoms with Crippen LogP contribution in [0.2, 0.25) is 0 Å². The van der Waals surface area contributed by atoms with Gasteiger partial charge in [0.05, 0.1) is 5.54 Å². The molecule has 0 bridgehead atoms. The van der Waals surface area contributed by atoms with Crippen LogP contribution in [0.4, 0.5) is 0 Å². The number of likely N-dealkylation sites (tertiary alicyclic amines) is 1. The molecule has 0 aromatic heterocycles. The number of amides is 2. The molecule has 1 fully saturated rings. The largest absolute Gasteiger partial charge is 0.347 e. The highest BCUT2D eigenvalue weighted by molar-refractivity contribution is 5.87. The van der Waals surface area contributed by atoms with E-state index in [-0.39, 0.29) is 17.7 Å². The molecule has 1 saturated heterocycles. The summed E-state index contributed by atoms with van der Waals surface area (Å²) in [5, 5.41) is 3.17. The first-order chi connectivity index (χ1) is 10.8. The Kier molecular flexibility index (Phi) is 5.24. The lowest BCUT2D eigenvalue weighted by Gasteiger charge is -2.34. The topological polar surface area (TPSA) is 49.4 Å². The van der Waals surface area contributed by atoms with Crippen LogP contribution < -0.4 is 5.32 Å². The molecule has 0 unspecified atom stereocenters. The summed E-state index contributed by atoms with van der Waals surface area (Å²) in [6.45, 7) is 10.8. The Hall–Kier alpha value is -2.10. The molecule has 0 atom stereocenters. The Bertz CT molecular complexity index is 599. The zero-order valence-corrected chi connectivity index (χ0v) is 14.3. The second kappa shape index (κ2) is 6.99. The minimum absolute atomic E-state index is 0.0343. The fraction of sp³-hybridized carbons (Fsp3) is 0.474. The highest BCUT2D eigenvalue weighted by atomic mass is 16.2. The average molecular weight is 314 g/mol. The van der Waals surface area contributed by atoms with Gasteiger partial charge in [-0.2, -0.15) is 0 Å². The molecule has 1 aromatic rings. The van der Waals surface area contributed by atoms with Crippen LogP contribution in [-0.4, -0.2) is 29.8 Å². The van der Waals surface area contributed by atoms with Crippen molar-refractivity contribution in [2.45, 2.75) is 39.2 Å². The lowest BCUT2D eigenvalue weighted by molar-refractivity contribution is -0.133. The van der Waals surface area contributed by atoms with Gasteiger partial charge < -0.3 is 10.2 Å². The van der Waals surface area contributed by atoms with Gasteiger partial charge in [-0.25, -0.2) is 0 Å². The van der Waals surface area contributed by atoms with Gasteiger partial charge in [0.2, 0.25) is 11.8 Å². The maximum absolute atomic E-state index is 12.6. The number of carbonyl (C=O) groups excluding carboxylic acids is 2. The van der Waals surface area contributed by atoms with Crippen molar-refractivity contribution in [1.29, 1.82) is 0 Å². The monoisotopic (exact) mass is 314 g/mol. The van der Waals surface area contributed by atoms with Crippen molar-refractivity contribution >= 4 is 11.8 Å². The first-order valence-electron chi connectivity index (χ1n) is 8.14. The normalized spacial score (nSPS) is 16.0. The number of hydrogen-bond acceptors (Lipinski definition) is 2. The van der Waals surface area contributed by atoms with Gasteiger partial charge in [-0.05, 0) is 45.3 Å². The maximum atomic E-state index is 12.6. The fourth-order valence-electron chi connectivity index (χ4n) is 3.01. The Morgan fingerprint density at radius 1 is 1.30 bits per heavy atom. The molecule has 1 aliphatic heterocycles. The molecule has 1 aliphatic rings. The van der Waals surface area contributed by atoms with E-state index in [0.717, 1.165) is 5.56 Å². The number of piperidine rings is 1. The number of nitrogens with one attached hydrogen (secondary N) is 1. The molecule has 4 heteroatoms. The van der Waals surface area contributed by atoms with Crippen molar-refractivity contribution < 1.29 is 9.59 Å². The molecule has 1 heterocycles. The first-order valence-corrected chi connectivity index (χ1v) is 8.14. The number of nitrogens with zero attached hydrogens (tertiary/aromatic N) is 1. The van der Waals surface area contributed by atoms with E-state index >= 15 is 0 Å². The Labute approximate surface area is 138 Å². The molecule has 0 saturated carbocycles. The lowest BCUT2D eigenvalue weighted by Crippen LogP contribution is -2.47. The molecule has 0 aliphatic carbocycles. The fourth-order valence-corrected chi connectivity index (χ4v) is 3.01. The smallest absolute Gasteiger partial charge is 0.245 e. The summed E-state index contributed by atoms with van der Waals surface area (Å²) in [7, 11) is 0. The van der Waals surface area contributed by atoms with Crippen LogP contribution in [0.5, 0.6) is 0 Å². The van der Waals surface area contributed by atoms with Gasteiger partial charge in [-0.15, -0.1) is 0 Å². The van der Waals surface area contributed by atoms with Crippen molar-refractivity contribution in [3.63, 3.8) is 0 Å². The molecule has 2 rings (SSSR count). The molecular formula is C19H26N2O2. The second-order valence-corrected chi connectivity index (χ2v) is 6.79. The Morgan fingerprint density at radius 2 is 1.96 bits per heavy atom. The van der Waals surface area contributed by atoms with E-state index in [9.17, 15) is 9.59 Å². The third kappa shape index (κ3) is 4.21. The summed E-state index contributed by atoms with van der Waals surface area (Å²) in [4.78, 5) is 25.9. The van der Waals surface area contributed by atoms with E-state index in [2.05, 4.69) is 18.0 Å². The third-order valence-electron chi connectivity index (χ3n) is 4.53. The molecule has 1 aromatic carbocycles. The molecule has 1 N–H and O–H groups in total. The molecule has 23 heavy (non-hydrogen) atoms. The maximum Gasteiger partial charge on any atom is 0.245 e. The molecule has 4 nitrogen and oxygen atoms in total. The predicted molar refractivity (Wildman–Crippen MR) is 91.8 cm³/mol. The number of benzene rings is 1. The van der Waals surface area contributed by atoms with Gasteiger partial charge in [0, 0.05) is 19.0 Å². The number of aryl methyl sites for hydroxylation is 1. The van der Waals surface area contributed by atoms with E-state index in [1.165, 1.54) is 11.6 Å². The standard InChI is InChI=1S/C19H26N2O2/c1-5-17(22)21-11-9-15(10-12-21)18(23)20-19(3,4)16-8-6-7-14(2)13-16/h5-8,13,15H,1,9-12H2,2-4H3,(H,20,23). The minimum Gasteiger partial charge on any atom is -0.347 e. The summed E-state index contributed by atoms with van der Waals surface area (Å²) in [5.74, 6) is -0.0147. The number of rotatable bonds is 4. The van der Waals surface area contributed by atoms with Crippen molar-refractivity contribution in [2.75, 3.05) is 13.1 Å². The van der Waals surface area contributed by atoms with E-state index in [0.29, 0.717) is 25.9 Å². The van der Waals surface area contributed by atoms with Crippen LogP contribution in [0.25, 0.3) is 0 Å². The highest BCUT2D eigenvalue weighted by Gasteiger charge is 2.30. The van der Waals surface area contributed by atoms with Gasteiger partial charge >= 0.3 is 0 Å². The summed E-state index contributed by atoms with van der Waals surface area (Å²) in [6.07, 6.45) is 2.74. The van der Waals surface area contributed by atoms with Crippen LogP contribution in [0.1, 0.15) is 37.8 Å². The molecule has 0 spiro atoms. The molecule has 0 radical (unpaired) electrons. The van der Waals surface area contributed by atoms with Crippen molar-refractivity contribution in [3.8, 4) is 0 Å². The van der Waals surface area contributed by atoms with E-state index in [1.807, 2.05) is 39.0 Å². The second-order valence-electron chi connectivity index (χ2n) is 6.79. The predicted octanol–water partition coefficient (Wildman–Crippen LogP) is 2.77. The quantitative estimate of drug-likeness (QED) is 0.869. The van der Waals surface area contributed by atoms with Gasteiger partial charge in [-0.3, -0.25) is 9.59 Å². The first kappa shape index (κ1) is 17.3. The highest BCUT2D eigenvalue weighted by Crippen LogP contribution is 2.24. The number of hydrogen-bond donors (Lipinski definition) is 1. The SMILES string of the molecule is C=CC(=O)N1CCC(C(=O)NC(C)(C)c2cccc(C)c2)CC1. The molecular weight excluding hydrogens is 288 g/mol. The minimum atomic E-state index is -0.406. The van der Waals surface area contributed by atoms with Gasteiger partial charge in [0.25, 0.3) is 0 Å². The molecule has 2 amide bonds. The lowest BCUT2D eigenvalue weighted by atomic mass is 9.90. The van der Waals surface area contributed by atoms with E-state index < -0.39 is 5.54 Å². The summed E-state index contributed by atoms with van der Waals surface area (Å²) in [6, 6.07) is 8.20. The van der Waals surface area contributed by atoms with Crippen LogP contribution in [-0.2, 0) is 15.1 Å². The van der Waals surface area contributed by atoms with Crippen LogP contribution >= 0.6 is 0 Å². The van der Waals surface area contributed by atoms with Gasteiger partial charge in [-0.1, -0.05) is 36.4 Å². The zero-order valence-electron chi connectivity index (χ0n) is 14.3. The van der Waals surface area contributed by atoms with Crippen molar-refractivity contribution in [2.24, 2.45) is 5.92 Å². The zero-order chi connectivity index (χ0) is 17.0. The Morgan fingerprint density at radius 3 is 2.52 bits per heavy atom. The van der Waals surface area contributed by atoms with E-state index in [4.69, 9.17) is 0 Å². The molecule has 124 valence electrons. The Balaban J connectivity index is 1.97. The van der Waals surface area contributed by atoms with Crippen LogP contribution in [0.15, 0.2) is 36.9 Å². The summed E-state index contributed by atoms with van der Waals surface area (Å²) in [5.41, 5.74) is 1.88. The van der Waals surface area contributed by atoms with Crippen LogP contribution in [0.3, 0.4) is 0 Å².